The maximum atomic E-state index is 12.4. The Balaban J connectivity index is 1.80. The van der Waals surface area contributed by atoms with E-state index in [9.17, 15) is 9.59 Å². The molecule has 0 saturated carbocycles. The lowest BCUT2D eigenvalue weighted by molar-refractivity contribution is -0.123. The monoisotopic (exact) mass is 380 g/mol. The topological polar surface area (TPSA) is 49.4 Å². The number of halogens is 1. The summed E-state index contributed by atoms with van der Waals surface area (Å²) in [5.74, 6) is -0.736. The van der Waals surface area contributed by atoms with Crippen LogP contribution in [-0.2, 0) is 4.79 Å². The van der Waals surface area contributed by atoms with Crippen molar-refractivity contribution in [2.75, 3.05) is 0 Å². The zero-order valence-electron chi connectivity index (χ0n) is 11.5. The normalized spacial score (nSPS) is 16.2. The summed E-state index contributed by atoms with van der Waals surface area (Å²) in [7, 11) is 0. The Morgan fingerprint density at radius 2 is 2.04 bits per heavy atom. The zero-order chi connectivity index (χ0) is 16.4. The summed E-state index contributed by atoms with van der Waals surface area (Å²) in [5, 5.41) is 3.42. The molecular weight excluding hydrogens is 372 g/mol. The number of nitrogens with zero attached hydrogens (tertiary/aromatic N) is 1. The van der Waals surface area contributed by atoms with Gasteiger partial charge in [-0.25, -0.2) is 0 Å². The Bertz CT molecular complexity index is 818. The van der Waals surface area contributed by atoms with Crippen LogP contribution < -0.4 is 5.43 Å². The molecule has 0 atom stereocenters. The predicted octanol–water partition coefficient (Wildman–Crippen LogP) is 3.95. The highest BCUT2D eigenvalue weighted by Crippen LogP contribution is 2.32. The van der Waals surface area contributed by atoms with Crippen molar-refractivity contribution in [3.8, 4) is 0 Å². The Hall–Kier alpha value is -1.67. The number of thioether (sulfide) groups is 1. The second-order valence-electron chi connectivity index (χ2n) is 4.46. The third-order valence-electron chi connectivity index (χ3n) is 2.94. The van der Waals surface area contributed by atoms with Gasteiger partial charge in [-0.3, -0.25) is 15.0 Å². The van der Waals surface area contributed by atoms with E-state index in [-0.39, 0.29) is 16.1 Å². The number of rotatable bonds is 3. The van der Waals surface area contributed by atoms with Gasteiger partial charge in [-0.05, 0) is 41.4 Å². The maximum absolute atomic E-state index is 12.4. The van der Waals surface area contributed by atoms with Gasteiger partial charge in [0.05, 0.1) is 9.78 Å². The maximum Gasteiger partial charge on any atom is 0.285 e. The van der Waals surface area contributed by atoms with Gasteiger partial charge in [0.2, 0.25) is 0 Å². The third kappa shape index (κ3) is 3.48. The van der Waals surface area contributed by atoms with Gasteiger partial charge in [0, 0.05) is 5.02 Å². The highest BCUT2D eigenvalue weighted by atomic mass is 35.5. The molecule has 3 rings (SSSR count). The number of carbonyl (C=O) groups excluding carboxylic acids is 2. The molecule has 1 aromatic carbocycles. The van der Waals surface area contributed by atoms with Crippen molar-refractivity contribution in [3.63, 3.8) is 0 Å². The molecule has 0 unspecified atom stereocenters. The van der Waals surface area contributed by atoms with Crippen LogP contribution in [0.25, 0.3) is 6.08 Å². The van der Waals surface area contributed by atoms with E-state index in [4.69, 9.17) is 23.8 Å². The van der Waals surface area contributed by atoms with Crippen LogP contribution in [0.15, 0.2) is 46.7 Å². The number of thiophene rings is 1. The van der Waals surface area contributed by atoms with Crippen molar-refractivity contribution < 1.29 is 9.59 Å². The van der Waals surface area contributed by atoms with Gasteiger partial charge in [-0.15, -0.1) is 11.3 Å². The molecule has 0 aliphatic carbocycles. The average molecular weight is 381 g/mol. The summed E-state index contributed by atoms with van der Waals surface area (Å²) >= 11 is 13.7. The highest BCUT2D eigenvalue weighted by Gasteiger charge is 2.34. The first-order chi connectivity index (χ1) is 11.1. The molecule has 0 bridgehead atoms. The van der Waals surface area contributed by atoms with E-state index in [0.717, 1.165) is 22.3 Å². The standard InChI is InChI=1S/C15H9ClN2O2S3/c16-10-5-2-1-4-9(10)8-12-14(20)18(15(21)23-12)17-13(19)11-6-3-7-22-11/h1-8H,(H,17,19)/b12-8+. The van der Waals surface area contributed by atoms with Crippen LogP contribution in [0.5, 0.6) is 0 Å². The minimum Gasteiger partial charge on any atom is -0.266 e. The number of benzene rings is 1. The summed E-state index contributed by atoms with van der Waals surface area (Å²) in [6.45, 7) is 0. The van der Waals surface area contributed by atoms with E-state index in [1.165, 1.54) is 11.3 Å². The first-order valence-electron chi connectivity index (χ1n) is 6.43. The summed E-state index contributed by atoms with van der Waals surface area (Å²) in [5.41, 5.74) is 3.25. The Kier molecular flexibility index (Phi) is 4.82. The molecule has 2 aromatic rings. The van der Waals surface area contributed by atoms with E-state index in [1.54, 1.807) is 35.7 Å². The van der Waals surface area contributed by atoms with Gasteiger partial charge in [0.25, 0.3) is 11.8 Å². The minimum atomic E-state index is -0.371. The molecule has 1 fully saturated rings. The van der Waals surface area contributed by atoms with Gasteiger partial charge in [-0.1, -0.05) is 47.6 Å². The number of carbonyl (C=O) groups is 2. The van der Waals surface area contributed by atoms with Gasteiger partial charge in [0.1, 0.15) is 0 Å². The van der Waals surface area contributed by atoms with Gasteiger partial charge < -0.3 is 0 Å². The zero-order valence-corrected chi connectivity index (χ0v) is 14.7. The summed E-state index contributed by atoms with van der Waals surface area (Å²) in [6, 6.07) is 10.6. The van der Waals surface area contributed by atoms with Crippen LogP contribution in [0.2, 0.25) is 5.02 Å². The number of amides is 2. The summed E-state index contributed by atoms with van der Waals surface area (Å²) < 4.78 is 0.276. The van der Waals surface area contributed by atoms with Crippen LogP contribution in [0.1, 0.15) is 15.2 Å². The second kappa shape index (κ2) is 6.84. The molecule has 1 N–H and O–H groups in total. The van der Waals surface area contributed by atoms with Crippen LogP contribution in [0.3, 0.4) is 0 Å². The largest absolute Gasteiger partial charge is 0.285 e. The number of nitrogens with one attached hydrogen (secondary N) is 1. The molecule has 4 nitrogen and oxygen atoms in total. The SMILES string of the molecule is O=C(NN1C(=O)/C(=C\c2ccccc2Cl)SC1=S)c1cccs1. The number of hydrogen-bond acceptors (Lipinski definition) is 5. The van der Waals surface area contributed by atoms with E-state index in [0.29, 0.717) is 14.8 Å². The fourth-order valence-electron chi connectivity index (χ4n) is 1.86. The minimum absolute atomic E-state index is 0.276. The lowest BCUT2D eigenvalue weighted by Gasteiger charge is -2.14. The molecule has 1 saturated heterocycles. The van der Waals surface area contributed by atoms with E-state index >= 15 is 0 Å². The molecule has 8 heteroatoms. The molecule has 0 spiro atoms. The van der Waals surface area contributed by atoms with Crippen molar-refractivity contribution in [3.05, 3.63) is 62.1 Å². The summed E-state index contributed by atoms with van der Waals surface area (Å²) in [6.07, 6.45) is 1.67. The van der Waals surface area contributed by atoms with Gasteiger partial charge >= 0.3 is 0 Å². The Morgan fingerprint density at radius 1 is 1.26 bits per heavy atom. The molecule has 116 valence electrons. The number of hydrogen-bond donors (Lipinski definition) is 1. The summed E-state index contributed by atoms with van der Waals surface area (Å²) in [4.78, 5) is 25.4. The molecule has 1 aromatic heterocycles. The fourth-order valence-corrected chi connectivity index (χ4v) is 3.84. The van der Waals surface area contributed by atoms with Crippen molar-refractivity contribution in [2.45, 2.75) is 0 Å². The fraction of sp³-hybridized carbons (Fsp3) is 0. The lowest BCUT2D eigenvalue weighted by Crippen LogP contribution is -2.44. The average Bonchev–Trinajstić information content (AvgIpc) is 3.14. The van der Waals surface area contributed by atoms with Crippen LogP contribution in [0.4, 0.5) is 0 Å². The van der Waals surface area contributed by atoms with Crippen molar-refractivity contribution in [1.82, 2.24) is 10.4 Å². The number of hydrazine groups is 1. The van der Waals surface area contributed by atoms with Crippen molar-refractivity contribution >= 4 is 69.1 Å². The molecular formula is C15H9ClN2O2S3. The molecule has 0 radical (unpaired) electrons. The first-order valence-corrected chi connectivity index (χ1v) is 8.91. The van der Waals surface area contributed by atoms with E-state index < -0.39 is 0 Å². The lowest BCUT2D eigenvalue weighted by atomic mass is 10.2. The van der Waals surface area contributed by atoms with Crippen molar-refractivity contribution in [2.24, 2.45) is 0 Å². The van der Waals surface area contributed by atoms with Gasteiger partial charge in [0.15, 0.2) is 4.32 Å². The number of thiocarbonyl (C=S) groups is 1. The van der Waals surface area contributed by atoms with Crippen LogP contribution >= 0.6 is 46.9 Å². The quantitative estimate of drug-likeness (QED) is 0.647. The smallest absolute Gasteiger partial charge is 0.266 e. The molecule has 1 aliphatic rings. The van der Waals surface area contributed by atoms with E-state index in [1.807, 2.05) is 12.1 Å². The first kappa shape index (κ1) is 16.2. The molecule has 2 heterocycles. The third-order valence-corrected chi connectivity index (χ3v) is 5.46. The predicted molar refractivity (Wildman–Crippen MR) is 98.2 cm³/mol. The molecule has 23 heavy (non-hydrogen) atoms. The Labute approximate surface area is 151 Å². The van der Waals surface area contributed by atoms with E-state index in [2.05, 4.69) is 5.43 Å². The van der Waals surface area contributed by atoms with Crippen molar-refractivity contribution in [1.29, 1.82) is 0 Å². The highest BCUT2D eigenvalue weighted by molar-refractivity contribution is 8.26. The Morgan fingerprint density at radius 3 is 2.74 bits per heavy atom. The second-order valence-corrected chi connectivity index (χ2v) is 7.49. The molecule has 1 aliphatic heterocycles. The van der Waals surface area contributed by atoms with Gasteiger partial charge in [-0.2, -0.15) is 5.01 Å². The van der Waals surface area contributed by atoms with Crippen LogP contribution in [-0.4, -0.2) is 21.1 Å². The molecule has 2 amide bonds. The van der Waals surface area contributed by atoms with Crippen LogP contribution in [0, 0.1) is 0 Å².